The van der Waals surface area contributed by atoms with Gasteiger partial charge in [0, 0.05) is 12.3 Å². The van der Waals surface area contributed by atoms with Crippen molar-refractivity contribution in [3.05, 3.63) is 35.4 Å². The molecule has 1 aromatic rings. The zero-order chi connectivity index (χ0) is 17.5. The van der Waals surface area contributed by atoms with E-state index in [1.54, 1.807) is 6.92 Å². The molecule has 1 aliphatic rings. The van der Waals surface area contributed by atoms with Crippen LogP contribution >= 0.6 is 0 Å². The number of urea groups is 1. The number of esters is 1. The summed E-state index contributed by atoms with van der Waals surface area (Å²) in [6.45, 7) is 6.85. The number of aliphatic imine (C=N–C) groups is 1. The van der Waals surface area contributed by atoms with E-state index in [0.717, 1.165) is 17.5 Å². The van der Waals surface area contributed by atoms with Crippen LogP contribution in [0.5, 0.6) is 0 Å². The highest BCUT2D eigenvalue weighted by molar-refractivity contribution is 6.08. The number of hydrogen-bond acceptors (Lipinski definition) is 4. The Morgan fingerprint density at radius 3 is 2.67 bits per heavy atom. The summed E-state index contributed by atoms with van der Waals surface area (Å²) in [6, 6.07) is 6.75. The fourth-order valence-corrected chi connectivity index (χ4v) is 2.76. The van der Waals surface area contributed by atoms with Crippen LogP contribution in [0.1, 0.15) is 37.4 Å². The fraction of sp³-hybridized carbons (Fsp3) is 0.500. The Morgan fingerprint density at radius 2 is 1.96 bits per heavy atom. The molecule has 1 N–H and O–H groups in total. The molecule has 1 aliphatic heterocycles. The second-order valence-corrected chi connectivity index (χ2v) is 5.79. The fourth-order valence-electron chi connectivity index (χ4n) is 2.76. The molecule has 2 amide bonds. The number of amides is 2. The van der Waals surface area contributed by atoms with Crippen molar-refractivity contribution in [3.63, 3.8) is 0 Å². The van der Waals surface area contributed by atoms with E-state index in [0.29, 0.717) is 18.9 Å². The topological polar surface area (TPSA) is 77.0 Å². The van der Waals surface area contributed by atoms with E-state index in [-0.39, 0.29) is 6.61 Å². The molecule has 6 heteroatoms. The van der Waals surface area contributed by atoms with Crippen LogP contribution in [0.2, 0.25) is 0 Å². The van der Waals surface area contributed by atoms with E-state index >= 15 is 0 Å². The molecule has 0 saturated heterocycles. The molecule has 1 aromatic carbocycles. The molecule has 2 unspecified atom stereocenters. The molecule has 0 aromatic heterocycles. The van der Waals surface area contributed by atoms with Gasteiger partial charge in [-0.3, -0.25) is 4.79 Å². The van der Waals surface area contributed by atoms with Gasteiger partial charge in [0.05, 0.1) is 12.6 Å². The summed E-state index contributed by atoms with van der Waals surface area (Å²) in [5, 5.41) is 2.79. The van der Waals surface area contributed by atoms with Crippen molar-refractivity contribution in [1.29, 1.82) is 0 Å². The Morgan fingerprint density at radius 1 is 1.21 bits per heavy atom. The number of ether oxygens (including phenoxy) is 2. The Balaban J connectivity index is 2.13. The van der Waals surface area contributed by atoms with Crippen molar-refractivity contribution < 1.29 is 19.1 Å². The molecular weight excluding hydrogens is 308 g/mol. The van der Waals surface area contributed by atoms with Gasteiger partial charge in [-0.25, -0.2) is 9.79 Å². The van der Waals surface area contributed by atoms with Gasteiger partial charge in [-0.05, 0) is 31.4 Å². The zero-order valence-electron chi connectivity index (χ0n) is 14.4. The van der Waals surface area contributed by atoms with E-state index in [2.05, 4.69) is 10.3 Å². The van der Waals surface area contributed by atoms with Crippen molar-refractivity contribution in [2.45, 2.75) is 33.2 Å². The van der Waals surface area contributed by atoms with Gasteiger partial charge in [0.1, 0.15) is 12.5 Å². The summed E-state index contributed by atoms with van der Waals surface area (Å²) in [5.41, 5.74) is 2.36. The van der Waals surface area contributed by atoms with E-state index < -0.39 is 24.0 Å². The molecule has 130 valence electrons. The standard InChI is InChI=1S/C18H24N2O4/c1-4-9-23-10-11-24-17(21)15-13(3)19-18(22)20-16(15)14-8-6-5-7-12(14)2/h5-8,15-16H,4,9-11H2,1-3H3,(H,20,22). The number of carbonyl (C=O) groups is 2. The molecule has 0 spiro atoms. The van der Waals surface area contributed by atoms with E-state index in [9.17, 15) is 9.59 Å². The highest BCUT2D eigenvalue weighted by atomic mass is 16.6. The lowest BCUT2D eigenvalue weighted by molar-refractivity contribution is -0.148. The summed E-state index contributed by atoms with van der Waals surface area (Å²) in [4.78, 5) is 28.2. The Labute approximate surface area is 142 Å². The molecule has 0 saturated carbocycles. The smallest absolute Gasteiger partial charge is 0.341 e. The predicted molar refractivity (Wildman–Crippen MR) is 91.1 cm³/mol. The normalized spacial score (nSPS) is 20.3. The number of hydrogen-bond donors (Lipinski definition) is 1. The summed E-state index contributed by atoms with van der Waals surface area (Å²) < 4.78 is 10.6. The third-order valence-corrected chi connectivity index (χ3v) is 3.94. The van der Waals surface area contributed by atoms with Crippen LogP contribution < -0.4 is 5.32 Å². The van der Waals surface area contributed by atoms with Crippen LogP contribution in [-0.4, -0.2) is 37.5 Å². The van der Waals surface area contributed by atoms with Crippen molar-refractivity contribution in [2.75, 3.05) is 19.8 Å². The van der Waals surface area contributed by atoms with Crippen LogP contribution in [0.3, 0.4) is 0 Å². The third kappa shape index (κ3) is 4.41. The van der Waals surface area contributed by atoms with Crippen molar-refractivity contribution in [2.24, 2.45) is 10.9 Å². The predicted octanol–water partition coefficient (Wildman–Crippen LogP) is 2.81. The molecule has 0 aliphatic carbocycles. The maximum Gasteiger partial charge on any atom is 0.341 e. The largest absolute Gasteiger partial charge is 0.463 e. The van der Waals surface area contributed by atoms with Crippen LogP contribution in [0.25, 0.3) is 0 Å². The highest BCUT2D eigenvalue weighted by Gasteiger charge is 2.38. The second-order valence-electron chi connectivity index (χ2n) is 5.79. The number of nitrogens with zero attached hydrogens (tertiary/aromatic N) is 1. The van der Waals surface area contributed by atoms with Crippen LogP contribution in [0.15, 0.2) is 29.3 Å². The zero-order valence-corrected chi connectivity index (χ0v) is 14.4. The lowest BCUT2D eigenvalue weighted by Gasteiger charge is -2.30. The van der Waals surface area contributed by atoms with Gasteiger partial charge < -0.3 is 14.8 Å². The van der Waals surface area contributed by atoms with Gasteiger partial charge in [0.2, 0.25) is 0 Å². The maximum absolute atomic E-state index is 12.5. The van der Waals surface area contributed by atoms with Crippen LogP contribution in [0, 0.1) is 12.8 Å². The third-order valence-electron chi connectivity index (χ3n) is 3.94. The van der Waals surface area contributed by atoms with Gasteiger partial charge in [0.25, 0.3) is 0 Å². The number of nitrogens with one attached hydrogen (secondary N) is 1. The van der Waals surface area contributed by atoms with Crippen LogP contribution in [-0.2, 0) is 14.3 Å². The minimum atomic E-state index is -0.630. The molecule has 6 nitrogen and oxygen atoms in total. The van der Waals surface area contributed by atoms with E-state index in [4.69, 9.17) is 9.47 Å². The quantitative estimate of drug-likeness (QED) is 0.615. The number of aryl methyl sites for hydroxylation is 1. The van der Waals surface area contributed by atoms with Gasteiger partial charge in [-0.15, -0.1) is 0 Å². The number of benzene rings is 1. The summed E-state index contributed by atoms with van der Waals surface area (Å²) >= 11 is 0. The molecule has 0 radical (unpaired) electrons. The van der Waals surface area contributed by atoms with Crippen molar-refractivity contribution in [3.8, 4) is 0 Å². The summed E-state index contributed by atoms with van der Waals surface area (Å²) in [7, 11) is 0. The van der Waals surface area contributed by atoms with E-state index in [1.165, 1.54) is 0 Å². The van der Waals surface area contributed by atoms with Gasteiger partial charge >= 0.3 is 12.0 Å². The second kappa shape index (κ2) is 8.59. The summed E-state index contributed by atoms with van der Waals surface area (Å²) in [6.07, 6.45) is 0.920. The lowest BCUT2D eigenvalue weighted by Crippen LogP contribution is -2.44. The molecule has 2 atom stereocenters. The van der Waals surface area contributed by atoms with Crippen molar-refractivity contribution in [1.82, 2.24) is 5.32 Å². The average molecular weight is 332 g/mol. The monoisotopic (exact) mass is 332 g/mol. The molecule has 0 fully saturated rings. The van der Waals surface area contributed by atoms with Crippen molar-refractivity contribution >= 4 is 17.7 Å². The maximum atomic E-state index is 12.5. The first-order valence-electron chi connectivity index (χ1n) is 8.20. The van der Waals surface area contributed by atoms with Gasteiger partial charge in [-0.1, -0.05) is 31.2 Å². The molecule has 0 bridgehead atoms. The van der Waals surface area contributed by atoms with Gasteiger partial charge in [-0.2, -0.15) is 0 Å². The SMILES string of the molecule is CCCOCCOC(=O)C1C(C)=NC(=O)NC1c1ccccc1C. The van der Waals surface area contributed by atoms with E-state index in [1.807, 2.05) is 38.1 Å². The summed E-state index contributed by atoms with van der Waals surface area (Å²) in [5.74, 6) is -1.03. The lowest BCUT2D eigenvalue weighted by atomic mass is 9.86. The first kappa shape index (κ1) is 18.1. The Bertz CT molecular complexity index is 627. The minimum absolute atomic E-state index is 0.192. The highest BCUT2D eigenvalue weighted by Crippen LogP contribution is 2.29. The molecule has 24 heavy (non-hydrogen) atoms. The Kier molecular flexibility index (Phi) is 6.49. The number of carbonyl (C=O) groups excluding carboxylic acids is 2. The first-order valence-corrected chi connectivity index (χ1v) is 8.20. The average Bonchev–Trinajstić information content (AvgIpc) is 2.54. The van der Waals surface area contributed by atoms with Gasteiger partial charge in [0.15, 0.2) is 0 Å². The molecular formula is C18H24N2O4. The minimum Gasteiger partial charge on any atom is -0.463 e. The Hall–Kier alpha value is -2.21. The number of rotatable bonds is 7. The van der Waals surface area contributed by atoms with Crippen LogP contribution in [0.4, 0.5) is 4.79 Å². The molecule has 2 rings (SSSR count). The molecule has 1 heterocycles. The first-order chi connectivity index (χ1) is 11.5.